The zero-order valence-electron chi connectivity index (χ0n) is 40.2. The van der Waals surface area contributed by atoms with Gasteiger partial charge in [0.15, 0.2) is 5.96 Å². The summed E-state index contributed by atoms with van der Waals surface area (Å²) in [5, 5.41) is 14.0. The molecule has 1 aromatic carbocycles. The Hall–Kier alpha value is -6.66. The number of aromatic nitrogens is 4. The van der Waals surface area contributed by atoms with E-state index in [0.29, 0.717) is 94.9 Å². The fourth-order valence-corrected chi connectivity index (χ4v) is 7.54. The number of unbranched alkanes of at least 4 members (excludes halogenated alkanes) is 1. The minimum absolute atomic E-state index is 0.0876. The number of anilines is 1. The fraction of sp³-hybridized carbons (Fsp3) is 0.600. The van der Waals surface area contributed by atoms with Gasteiger partial charge in [-0.15, -0.1) is 0 Å². The molecule has 1 aliphatic heterocycles. The average molecular weight is 966 g/mol. The normalized spacial score (nSPS) is 14.7. The third kappa shape index (κ3) is 17.7. The van der Waals surface area contributed by atoms with Crippen LogP contribution in [-0.4, -0.2) is 163 Å². The number of piperazine rings is 1. The van der Waals surface area contributed by atoms with Crippen LogP contribution >= 0.6 is 0 Å². The maximum atomic E-state index is 14.0. The van der Waals surface area contributed by atoms with E-state index in [-0.39, 0.29) is 61.5 Å². The monoisotopic (exact) mass is 966 g/mol. The van der Waals surface area contributed by atoms with Gasteiger partial charge in [0.2, 0.25) is 35.4 Å². The third-order valence-corrected chi connectivity index (χ3v) is 11.9. The first-order valence-electron chi connectivity index (χ1n) is 23.4. The summed E-state index contributed by atoms with van der Waals surface area (Å²) < 4.78 is 11.4. The number of ether oxygens (including phenoxy) is 2. The number of carbonyl (C=O) groups excluding carboxylic acids is 6. The number of methoxy groups -OCH3 is 1. The van der Waals surface area contributed by atoms with Crippen LogP contribution in [0.5, 0.6) is 0 Å². The number of nitrogens with zero attached hydrogens (tertiary/aromatic N) is 6. The van der Waals surface area contributed by atoms with Crippen molar-refractivity contribution in [3.8, 4) is 0 Å². The summed E-state index contributed by atoms with van der Waals surface area (Å²) in [7, 11) is 3.02. The van der Waals surface area contributed by atoms with Gasteiger partial charge in [-0.3, -0.25) is 43.1 Å². The van der Waals surface area contributed by atoms with E-state index in [1.807, 2.05) is 24.8 Å². The molecular weight excluding hydrogens is 895 g/mol. The van der Waals surface area contributed by atoms with Gasteiger partial charge in [0.1, 0.15) is 24.7 Å². The molecule has 5 atom stereocenters. The van der Waals surface area contributed by atoms with Gasteiger partial charge < -0.3 is 68.0 Å². The molecule has 3 aromatic rings. The number of nitrogens with one attached hydrogen (secondary N) is 6. The van der Waals surface area contributed by atoms with Crippen molar-refractivity contribution in [2.75, 3.05) is 78.1 Å². The average Bonchev–Trinajstić information content (AvgIpc) is 3.87. The summed E-state index contributed by atoms with van der Waals surface area (Å²) in [6, 6.07) is 1.55. The number of imidazole rings is 1. The molecular formula is C45H71N15O9. The van der Waals surface area contributed by atoms with Crippen molar-refractivity contribution in [2.45, 2.75) is 95.9 Å². The number of fused-ring (bicyclic) bond motifs is 1. The Kier molecular flexibility index (Phi) is 22.8. The quantitative estimate of drug-likeness (QED) is 0.0206. The van der Waals surface area contributed by atoms with Gasteiger partial charge in [-0.25, -0.2) is 9.97 Å². The second-order valence-electron chi connectivity index (χ2n) is 16.9. The number of aromatic amines is 1. The van der Waals surface area contributed by atoms with Crippen LogP contribution in [0.2, 0.25) is 0 Å². The summed E-state index contributed by atoms with van der Waals surface area (Å²) in [5.74, 6) is -2.71. The third-order valence-electron chi connectivity index (χ3n) is 11.9. The molecule has 0 saturated carbocycles. The zero-order chi connectivity index (χ0) is 50.3. The molecule has 24 nitrogen and oxygen atoms in total. The lowest BCUT2D eigenvalue weighted by molar-refractivity contribution is -0.137. The highest BCUT2D eigenvalue weighted by molar-refractivity contribution is 5.92. The molecule has 24 heteroatoms. The van der Waals surface area contributed by atoms with Crippen LogP contribution in [0, 0.1) is 5.92 Å². The van der Waals surface area contributed by atoms with Crippen LogP contribution in [-0.2, 0) is 51.2 Å². The van der Waals surface area contributed by atoms with Crippen molar-refractivity contribution in [3.63, 3.8) is 0 Å². The van der Waals surface area contributed by atoms with Gasteiger partial charge in [-0.2, -0.15) is 0 Å². The predicted molar refractivity (Wildman–Crippen MR) is 258 cm³/mol. The summed E-state index contributed by atoms with van der Waals surface area (Å²) >= 11 is 0. The summed E-state index contributed by atoms with van der Waals surface area (Å²) in [6.07, 6.45) is 7.22. The molecule has 1 aliphatic rings. The van der Waals surface area contributed by atoms with Crippen LogP contribution in [0.25, 0.3) is 10.9 Å². The van der Waals surface area contributed by atoms with Gasteiger partial charge in [-0.1, -0.05) is 20.3 Å². The molecule has 0 spiro atoms. The van der Waals surface area contributed by atoms with Crippen LogP contribution in [0.4, 0.5) is 5.69 Å². The van der Waals surface area contributed by atoms with E-state index in [1.54, 1.807) is 24.1 Å². The largest absolute Gasteiger partial charge is 0.382 e. The van der Waals surface area contributed by atoms with Crippen molar-refractivity contribution in [2.24, 2.45) is 28.1 Å². The van der Waals surface area contributed by atoms with Crippen molar-refractivity contribution in [1.29, 1.82) is 0 Å². The van der Waals surface area contributed by atoms with Crippen LogP contribution in [0.3, 0.4) is 0 Å². The van der Waals surface area contributed by atoms with E-state index in [2.05, 4.69) is 46.5 Å². The van der Waals surface area contributed by atoms with Crippen LogP contribution in [0.15, 0.2) is 46.8 Å². The standard InChI is InChI=1S/C45H71N15O9/c1-5-29(2)39(46)42(65)56-35(9-6-7-14-51-37(61)13-20-69-22-21-68-4)44(67)59-18-16-58(17-19-59)31-11-12-33-32(24-31)43(66)60(28-54-33)26-38(62)55-34(10-8-15-52-45(47)48)41(64)57-36(40(63)49-3)23-30-25-50-27-53-30/h11-12,24-25,27-29,34-36,39H,5-10,13-23,26,46H2,1-4H3,(H,49,63)(H,50,53)(H,51,61)(H,55,62)(H,56,65)(H,57,64)(H4,47,48,52)/t29-,34-,35-,36-,39-/m0/s1. The summed E-state index contributed by atoms with van der Waals surface area (Å²) in [5.41, 5.74) is 18.4. The minimum atomic E-state index is -1.11. The number of carbonyl (C=O) groups is 6. The summed E-state index contributed by atoms with van der Waals surface area (Å²) in [4.78, 5) is 112. The maximum absolute atomic E-state index is 14.0. The smallest absolute Gasteiger partial charge is 0.261 e. The first-order chi connectivity index (χ1) is 33.1. The highest BCUT2D eigenvalue weighted by atomic mass is 16.5. The molecule has 12 N–H and O–H groups in total. The first-order valence-corrected chi connectivity index (χ1v) is 23.4. The van der Waals surface area contributed by atoms with Gasteiger partial charge in [-0.05, 0) is 56.2 Å². The van der Waals surface area contributed by atoms with Gasteiger partial charge in [0.25, 0.3) is 5.56 Å². The Labute approximate surface area is 401 Å². The van der Waals surface area contributed by atoms with E-state index < -0.39 is 59.9 Å². The molecule has 69 heavy (non-hydrogen) atoms. The molecule has 1 fully saturated rings. The lowest BCUT2D eigenvalue weighted by Gasteiger charge is -2.38. The van der Waals surface area contributed by atoms with E-state index in [1.165, 1.54) is 25.9 Å². The molecule has 4 rings (SSSR count). The number of amides is 6. The molecule has 0 unspecified atom stereocenters. The van der Waals surface area contributed by atoms with Gasteiger partial charge in [0.05, 0.1) is 49.4 Å². The molecule has 1 saturated heterocycles. The summed E-state index contributed by atoms with van der Waals surface area (Å²) in [6.45, 7) is 6.65. The SMILES string of the molecule is CC[C@H](C)[C@H](N)C(=O)N[C@@H](CCCCNC(=O)CCOCCOC)C(=O)N1CCN(c2ccc3ncn(CC(=O)N[C@@H](CCCN=C(N)N)C(=O)N[C@@H](Cc4cnc[nH]4)C(=O)NC)c(=O)c3c2)CC1. The Morgan fingerprint density at radius 3 is 2.32 bits per heavy atom. The van der Waals surface area contributed by atoms with Crippen molar-refractivity contribution < 1.29 is 38.2 Å². The predicted octanol–water partition coefficient (Wildman–Crippen LogP) is -2.02. The Morgan fingerprint density at radius 1 is 0.899 bits per heavy atom. The lowest BCUT2D eigenvalue weighted by Crippen LogP contribution is -2.57. The molecule has 2 aromatic heterocycles. The van der Waals surface area contributed by atoms with Crippen molar-refractivity contribution in [3.05, 3.63) is 53.1 Å². The second kappa shape index (κ2) is 28.6. The fourth-order valence-electron chi connectivity index (χ4n) is 7.54. The molecule has 6 amide bonds. The van der Waals surface area contributed by atoms with Gasteiger partial charge >= 0.3 is 0 Å². The number of H-pyrrole nitrogens is 1. The molecule has 3 heterocycles. The number of likely N-dealkylation sites (N-methyl/N-ethyl adjacent to an activating group) is 1. The van der Waals surface area contributed by atoms with E-state index in [0.717, 1.165) is 4.57 Å². The Balaban J connectivity index is 1.40. The van der Waals surface area contributed by atoms with Crippen LogP contribution in [0.1, 0.15) is 64.5 Å². The van der Waals surface area contributed by atoms with Crippen LogP contribution < -0.4 is 54.2 Å². The van der Waals surface area contributed by atoms with Crippen molar-refractivity contribution >= 4 is 58.0 Å². The highest BCUT2D eigenvalue weighted by Gasteiger charge is 2.31. The first kappa shape index (κ1) is 54.9. The number of aliphatic imine (C=N–C) groups is 1. The molecule has 380 valence electrons. The minimum Gasteiger partial charge on any atom is -0.382 e. The maximum Gasteiger partial charge on any atom is 0.261 e. The molecule has 0 aliphatic carbocycles. The number of nitrogens with two attached hydrogens (primary N) is 3. The molecule has 0 bridgehead atoms. The Bertz CT molecular complexity index is 2230. The molecule has 0 radical (unpaired) electrons. The second-order valence-corrected chi connectivity index (χ2v) is 16.9. The number of rotatable bonds is 29. The van der Waals surface area contributed by atoms with E-state index >= 15 is 0 Å². The van der Waals surface area contributed by atoms with E-state index in [9.17, 15) is 33.6 Å². The topological polar surface area (TPSA) is 341 Å². The lowest BCUT2D eigenvalue weighted by atomic mass is 9.98. The van der Waals surface area contributed by atoms with Crippen molar-refractivity contribution in [1.82, 2.24) is 51.0 Å². The number of hydrogen-bond donors (Lipinski definition) is 9. The number of guanidine groups is 1. The van der Waals surface area contributed by atoms with E-state index in [4.69, 9.17) is 26.7 Å². The number of hydrogen-bond acceptors (Lipinski definition) is 14. The highest BCUT2D eigenvalue weighted by Crippen LogP contribution is 2.21. The number of benzene rings is 1. The van der Waals surface area contributed by atoms with Gasteiger partial charge in [0, 0.05) is 83.8 Å². The Morgan fingerprint density at radius 2 is 1.64 bits per heavy atom. The zero-order valence-corrected chi connectivity index (χ0v) is 40.2.